The molecule has 28 heavy (non-hydrogen) atoms. The second-order valence-corrected chi connectivity index (χ2v) is 7.87. The lowest BCUT2D eigenvalue weighted by atomic mass is 10.2. The number of nitrogens with one attached hydrogen (secondary N) is 1. The summed E-state index contributed by atoms with van der Waals surface area (Å²) >= 11 is 0. The molecular formula is C19H22N4O4S. The molecule has 0 bridgehead atoms. The summed E-state index contributed by atoms with van der Waals surface area (Å²) in [7, 11) is -0.801. The molecular weight excluding hydrogens is 380 g/mol. The van der Waals surface area contributed by atoms with Gasteiger partial charge in [-0.15, -0.1) is 0 Å². The molecule has 9 heteroatoms. The summed E-state index contributed by atoms with van der Waals surface area (Å²) in [5.74, 6) is 1.15. The Balaban J connectivity index is 1.93. The van der Waals surface area contributed by atoms with Gasteiger partial charge in [-0.1, -0.05) is 6.07 Å². The lowest BCUT2D eigenvalue weighted by Gasteiger charge is -2.14. The van der Waals surface area contributed by atoms with E-state index in [1.54, 1.807) is 49.7 Å². The van der Waals surface area contributed by atoms with Crippen LogP contribution in [-0.4, -0.2) is 32.4 Å². The topological polar surface area (TPSA) is 108 Å². The van der Waals surface area contributed by atoms with Gasteiger partial charge < -0.3 is 15.2 Å². The van der Waals surface area contributed by atoms with E-state index in [4.69, 9.17) is 15.2 Å². The average Bonchev–Trinajstić information content (AvgIpc) is 3.12. The molecule has 0 saturated carbocycles. The number of aryl methyl sites for hydroxylation is 1. The number of hydrogen-bond acceptors (Lipinski definition) is 6. The van der Waals surface area contributed by atoms with E-state index in [1.807, 2.05) is 6.92 Å². The molecule has 2 aromatic carbocycles. The van der Waals surface area contributed by atoms with E-state index in [0.29, 0.717) is 28.4 Å². The third kappa shape index (κ3) is 4.10. The van der Waals surface area contributed by atoms with Gasteiger partial charge in [0.2, 0.25) is 10.0 Å². The average molecular weight is 402 g/mol. The molecule has 148 valence electrons. The SMILES string of the molecule is COc1ccc(CNS(=O)(=O)c2cc(N)ccc2-n2ccc(C)n2)c(OC)c1. The van der Waals surface area contributed by atoms with Crippen LogP contribution in [-0.2, 0) is 16.6 Å². The maximum atomic E-state index is 13.0. The first-order valence-corrected chi connectivity index (χ1v) is 9.95. The fourth-order valence-corrected chi connectivity index (χ4v) is 3.96. The Morgan fingerprint density at radius 3 is 2.54 bits per heavy atom. The number of hydrogen-bond donors (Lipinski definition) is 2. The number of nitrogens with zero attached hydrogens (tertiary/aromatic N) is 2. The Hall–Kier alpha value is -3.04. The van der Waals surface area contributed by atoms with Crippen LogP contribution in [0.5, 0.6) is 11.5 Å². The van der Waals surface area contributed by atoms with Crippen molar-refractivity contribution in [2.45, 2.75) is 18.4 Å². The van der Waals surface area contributed by atoms with Crippen molar-refractivity contribution in [2.24, 2.45) is 0 Å². The Morgan fingerprint density at radius 2 is 1.89 bits per heavy atom. The van der Waals surface area contributed by atoms with E-state index in [2.05, 4.69) is 9.82 Å². The number of methoxy groups -OCH3 is 2. The van der Waals surface area contributed by atoms with Crippen LogP contribution in [0, 0.1) is 6.92 Å². The van der Waals surface area contributed by atoms with E-state index < -0.39 is 10.0 Å². The monoisotopic (exact) mass is 402 g/mol. The molecule has 0 fully saturated rings. The van der Waals surface area contributed by atoms with Gasteiger partial charge in [-0.25, -0.2) is 17.8 Å². The molecule has 1 aromatic heterocycles. The molecule has 0 radical (unpaired) electrons. The summed E-state index contributed by atoms with van der Waals surface area (Å²) in [6.07, 6.45) is 1.70. The number of nitrogen functional groups attached to an aromatic ring is 1. The van der Waals surface area contributed by atoms with Gasteiger partial charge in [0.25, 0.3) is 0 Å². The second-order valence-electron chi connectivity index (χ2n) is 6.13. The standard InChI is InChI=1S/C19H22N4O4S/c1-13-8-9-23(22-13)17-7-5-15(20)10-19(17)28(24,25)21-12-14-4-6-16(26-2)11-18(14)27-3/h4-11,21H,12,20H2,1-3H3. The first-order valence-electron chi connectivity index (χ1n) is 8.47. The van der Waals surface area contributed by atoms with Crippen LogP contribution in [0.25, 0.3) is 5.69 Å². The van der Waals surface area contributed by atoms with Crippen LogP contribution in [0.2, 0.25) is 0 Å². The Labute approximate surface area is 163 Å². The Kier molecular flexibility index (Phi) is 5.57. The van der Waals surface area contributed by atoms with Gasteiger partial charge in [-0.2, -0.15) is 5.10 Å². The zero-order chi connectivity index (χ0) is 20.3. The predicted molar refractivity (Wildman–Crippen MR) is 106 cm³/mol. The third-order valence-electron chi connectivity index (χ3n) is 4.19. The number of rotatable bonds is 7. The largest absolute Gasteiger partial charge is 0.497 e. The van der Waals surface area contributed by atoms with Crippen molar-refractivity contribution in [3.05, 3.63) is 59.9 Å². The molecule has 3 rings (SSSR count). The highest BCUT2D eigenvalue weighted by Crippen LogP contribution is 2.26. The summed E-state index contributed by atoms with van der Waals surface area (Å²) in [5.41, 5.74) is 8.04. The van der Waals surface area contributed by atoms with Crippen LogP contribution in [0.3, 0.4) is 0 Å². The van der Waals surface area contributed by atoms with Crippen molar-refractivity contribution in [3.63, 3.8) is 0 Å². The van der Waals surface area contributed by atoms with Gasteiger partial charge in [0.15, 0.2) is 0 Å². The van der Waals surface area contributed by atoms with Gasteiger partial charge in [0, 0.05) is 30.1 Å². The minimum Gasteiger partial charge on any atom is -0.497 e. The summed E-state index contributed by atoms with van der Waals surface area (Å²) in [6, 6.07) is 11.7. The summed E-state index contributed by atoms with van der Waals surface area (Å²) < 4.78 is 40.6. The van der Waals surface area contributed by atoms with Crippen LogP contribution in [0.4, 0.5) is 5.69 Å². The smallest absolute Gasteiger partial charge is 0.243 e. The van der Waals surface area contributed by atoms with Gasteiger partial charge in [0.05, 0.1) is 25.6 Å². The first-order chi connectivity index (χ1) is 13.3. The van der Waals surface area contributed by atoms with Crippen LogP contribution in [0.15, 0.2) is 53.6 Å². The zero-order valence-electron chi connectivity index (χ0n) is 15.8. The molecule has 0 unspecified atom stereocenters. The normalized spacial score (nSPS) is 11.4. The number of aromatic nitrogens is 2. The summed E-state index contributed by atoms with van der Waals surface area (Å²) in [4.78, 5) is 0.0445. The maximum Gasteiger partial charge on any atom is 0.243 e. The predicted octanol–water partition coefficient (Wildman–Crippen LogP) is 2.26. The molecule has 3 aromatic rings. The van der Waals surface area contributed by atoms with E-state index >= 15 is 0 Å². The molecule has 0 spiro atoms. The summed E-state index contributed by atoms with van der Waals surface area (Å²) in [6.45, 7) is 1.87. The quantitative estimate of drug-likeness (QED) is 0.587. The molecule has 8 nitrogen and oxygen atoms in total. The highest BCUT2D eigenvalue weighted by Gasteiger charge is 2.21. The third-order valence-corrected chi connectivity index (χ3v) is 5.62. The van der Waals surface area contributed by atoms with Crippen LogP contribution in [0.1, 0.15) is 11.3 Å². The minimum atomic E-state index is -3.87. The Morgan fingerprint density at radius 1 is 1.11 bits per heavy atom. The van der Waals surface area contributed by atoms with Crippen molar-refractivity contribution in [3.8, 4) is 17.2 Å². The zero-order valence-corrected chi connectivity index (χ0v) is 16.7. The van der Waals surface area contributed by atoms with Crippen LogP contribution < -0.4 is 19.9 Å². The minimum absolute atomic E-state index is 0.0435. The highest BCUT2D eigenvalue weighted by atomic mass is 32.2. The molecule has 1 heterocycles. The lowest BCUT2D eigenvalue weighted by molar-refractivity contribution is 0.390. The molecule has 0 aliphatic heterocycles. The molecule has 0 atom stereocenters. The number of benzene rings is 2. The van der Waals surface area contributed by atoms with Crippen molar-refractivity contribution in [1.82, 2.24) is 14.5 Å². The number of anilines is 1. The molecule has 0 amide bonds. The number of sulfonamides is 1. The fraction of sp³-hybridized carbons (Fsp3) is 0.211. The number of ether oxygens (including phenoxy) is 2. The second kappa shape index (κ2) is 7.91. The number of nitrogens with two attached hydrogens (primary N) is 1. The van der Waals surface area contributed by atoms with Gasteiger partial charge >= 0.3 is 0 Å². The van der Waals surface area contributed by atoms with E-state index in [1.165, 1.54) is 17.9 Å². The van der Waals surface area contributed by atoms with E-state index in [9.17, 15) is 8.42 Å². The van der Waals surface area contributed by atoms with Crippen molar-refractivity contribution < 1.29 is 17.9 Å². The molecule has 0 aliphatic carbocycles. The first kappa shape index (κ1) is 19.7. The van der Waals surface area contributed by atoms with Crippen LogP contribution >= 0.6 is 0 Å². The van der Waals surface area contributed by atoms with Gasteiger partial charge in [-0.05, 0) is 37.3 Å². The molecule has 3 N–H and O–H groups in total. The molecule has 0 aliphatic rings. The highest BCUT2D eigenvalue weighted by molar-refractivity contribution is 7.89. The molecule has 0 saturated heterocycles. The summed E-state index contributed by atoms with van der Waals surface area (Å²) in [5, 5.41) is 4.30. The van der Waals surface area contributed by atoms with Crippen molar-refractivity contribution in [1.29, 1.82) is 0 Å². The van der Waals surface area contributed by atoms with Crippen molar-refractivity contribution in [2.75, 3.05) is 20.0 Å². The fourth-order valence-electron chi connectivity index (χ4n) is 2.73. The maximum absolute atomic E-state index is 13.0. The van der Waals surface area contributed by atoms with Gasteiger partial charge in [0.1, 0.15) is 16.4 Å². The Bertz CT molecular complexity index is 1090. The van der Waals surface area contributed by atoms with Crippen molar-refractivity contribution >= 4 is 15.7 Å². The van der Waals surface area contributed by atoms with E-state index in [0.717, 1.165) is 5.69 Å². The lowest BCUT2D eigenvalue weighted by Crippen LogP contribution is -2.25. The van der Waals surface area contributed by atoms with Gasteiger partial charge in [-0.3, -0.25) is 0 Å². The van der Waals surface area contributed by atoms with E-state index in [-0.39, 0.29) is 11.4 Å².